The number of hydrogen-bond donors (Lipinski definition) is 2. The Balaban J connectivity index is 1.69. The Bertz CT molecular complexity index is 1020. The van der Waals surface area contributed by atoms with E-state index >= 15 is 0 Å². The Labute approximate surface area is 161 Å². The van der Waals surface area contributed by atoms with Crippen LogP contribution in [0.5, 0.6) is 0 Å². The van der Waals surface area contributed by atoms with Gasteiger partial charge in [-0.15, -0.1) is 0 Å². The minimum absolute atomic E-state index is 0.209. The molecule has 1 aliphatic carbocycles. The fraction of sp³-hybridized carbons (Fsp3) is 0.333. The zero-order valence-corrected chi connectivity index (χ0v) is 15.2. The van der Waals surface area contributed by atoms with Gasteiger partial charge in [0.15, 0.2) is 0 Å². The van der Waals surface area contributed by atoms with Crippen molar-refractivity contribution in [3.8, 4) is 0 Å². The number of pyridine rings is 1. The van der Waals surface area contributed by atoms with Crippen molar-refractivity contribution in [2.75, 3.05) is 0 Å². The van der Waals surface area contributed by atoms with E-state index in [0.29, 0.717) is 23.9 Å². The summed E-state index contributed by atoms with van der Waals surface area (Å²) in [6, 6.07) is 7.26. The lowest BCUT2D eigenvalue weighted by Gasteiger charge is -2.28. The zero-order valence-electron chi connectivity index (χ0n) is 15.2. The number of hydrogen-bond acceptors (Lipinski definition) is 3. The molecule has 0 spiro atoms. The minimum atomic E-state index is -0.593. The van der Waals surface area contributed by atoms with Crippen LogP contribution in [0.25, 0.3) is 10.9 Å². The molecule has 1 aliphatic rings. The number of fused-ring (bicyclic) bond motifs is 1. The highest BCUT2D eigenvalue weighted by atomic mass is 19.1. The SMILES string of the molecule is O=C(N[C@H]1CCCC[C@@H]1O)c1cn(Cc2ccnc(F)c2)c2cccc(F)c12. The van der Waals surface area contributed by atoms with E-state index in [1.807, 2.05) is 0 Å². The van der Waals surface area contributed by atoms with Crippen LogP contribution >= 0.6 is 0 Å². The van der Waals surface area contributed by atoms with E-state index in [1.165, 1.54) is 18.3 Å². The molecule has 4 rings (SSSR count). The summed E-state index contributed by atoms with van der Waals surface area (Å²) >= 11 is 0. The smallest absolute Gasteiger partial charge is 0.253 e. The number of aliphatic hydroxyl groups excluding tert-OH is 1. The first-order valence-corrected chi connectivity index (χ1v) is 9.39. The van der Waals surface area contributed by atoms with Gasteiger partial charge in [0, 0.05) is 24.3 Å². The van der Waals surface area contributed by atoms with E-state index in [2.05, 4.69) is 10.3 Å². The van der Waals surface area contributed by atoms with Crippen molar-refractivity contribution in [2.45, 2.75) is 44.4 Å². The second-order valence-electron chi connectivity index (χ2n) is 7.22. The molecular weight excluding hydrogens is 364 g/mol. The highest BCUT2D eigenvalue weighted by Gasteiger charge is 2.27. The summed E-state index contributed by atoms with van der Waals surface area (Å²) in [5.74, 6) is -1.50. The van der Waals surface area contributed by atoms with Crippen LogP contribution in [-0.4, -0.2) is 32.7 Å². The molecule has 7 heteroatoms. The molecule has 1 amide bonds. The lowest BCUT2D eigenvalue weighted by atomic mass is 9.92. The Morgan fingerprint density at radius 1 is 1.25 bits per heavy atom. The predicted molar refractivity (Wildman–Crippen MR) is 101 cm³/mol. The summed E-state index contributed by atoms with van der Waals surface area (Å²) in [6.45, 7) is 0.277. The van der Waals surface area contributed by atoms with Gasteiger partial charge in [0.05, 0.1) is 23.2 Å². The van der Waals surface area contributed by atoms with Crippen molar-refractivity contribution >= 4 is 16.8 Å². The number of nitrogens with zero attached hydrogens (tertiary/aromatic N) is 2. The summed E-state index contributed by atoms with van der Waals surface area (Å²) in [4.78, 5) is 16.4. The Morgan fingerprint density at radius 2 is 2.07 bits per heavy atom. The summed E-state index contributed by atoms with van der Waals surface area (Å²) in [5, 5.41) is 13.2. The second kappa shape index (κ2) is 7.67. The molecule has 2 N–H and O–H groups in total. The molecule has 0 radical (unpaired) electrons. The number of amides is 1. The Hall–Kier alpha value is -2.80. The number of benzene rings is 1. The van der Waals surface area contributed by atoms with Gasteiger partial charge in [-0.2, -0.15) is 4.39 Å². The van der Waals surface area contributed by atoms with E-state index in [9.17, 15) is 18.7 Å². The van der Waals surface area contributed by atoms with Gasteiger partial charge >= 0.3 is 0 Å². The maximum Gasteiger partial charge on any atom is 0.253 e. The monoisotopic (exact) mass is 385 g/mol. The molecule has 1 fully saturated rings. The van der Waals surface area contributed by atoms with Crippen LogP contribution in [0.4, 0.5) is 8.78 Å². The molecule has 2 heterocycles. The molecule has 0 aliphatic heterocycles. The summed E-state index contributed by atoms with van der Waals surface area (Å²) in [7, 11) is 0. The molecule has 1 saturated carbocycles. The molecule has 5 nitrogen and oxygen atoms in total. The zero-order chi connectivity index (χ0) is 19.7. The number of nitrogens with one attached hydrogen (secondary N) is 1. The lowest BCUT2D eigenvalue weighted by Crippen LogP contribution is -2.45. The number of rotatable bonds is 4. The van der Waals surface area contributed by atoms with Gasteiger partial charge in [0.1, 0.15) is 5.82 Å². The lowest BCUT2D eigenvalue weighted by molar-refractivity contribution is 0.0718. The quantitative estimate of drug-likeness (QED) is 0.677. The third-order valence-electron chi connectivity index (χ3n) is 5.29. The van der Waals surface area contributed by atoms with Gasteiger partial charge in [0.25, 0.3) is 5.91 Å². The van der Waals surface area contributed by atoms with Gasteiger partial charge in [-0.3, -0.25) is 4.79 Å². The van der Waals surface area contributed by atoms with E-state index in [4.69, 9.17) is 0 Å². The molecule has 2 atom stereocenters. The van der Waals surface area contributed by atoms with Crippen LogP contribution in [0.2, 0.25) is 0 Å². The van der Waals surface area contributed by atoms with Crippen molar-refractivity contribution < 1.29 is 18.7 Å². The van der Waals surface area contributed by atoms with E-state index in [0.717, 1.165) is 12.8 Å². The fourth-order valence-electron chi connectivity index (χ4n) is 3.88. The highest BCUT2D eigenvalue weighted by molar-refractivity contribution is 6.07. The van der Waals surface area contributed by atoms with Crippen molar-refractivity contribution in [3.05, 3.63) is 65.6 Å². The van der Waals surface area contributed by atoms with Crippen LogP contribution in [0.3, 0.4) is 0 Å². The highest BCUT2D eigenvalue weighted by Crippen LogP contribution is 2.26. The Kier molecular flexibility index (Phi) is 5.09. The van der Waals surface area contributed by atoms with Crippen LogP contribution in [0.15, 0.2) is 42.7 Å². The molecule has 0 bridgehead atoms. The largest absolute Gasteiger partial charge is 0.391 e. The first-order valence-electron chi connectivity index (χ1n) is 9.39. The van der Waals surface area contributed by atoms with Crippen molar-refractivity contribution in [1.82, 2.24) is 14.9 Å². The summed E-state index contributed by atoms with van der Waals surface area (Å²) in [5.41, 5.74) is 1.41. The van der Waals surface area contributed by atoms with Crippen molar-refractivity contribution in [1.29, 1.82) is 0 Å². The predicted octanol–water partition coefficient (Wildman–Crippen LogP) is 3.40. The number of aromatic nitrogens is 2. The minimum Gasteiger partial charge on any atom is -0.391 e. The maximum absolute atomic E-state index is 14.6. The first-order chi connectivity index (χ1) is 13.5. The Morgan fingerprint density at radius 3 is 2.86 bits per heavy atom. The van der Waals surface area contributed by atoms with Gasteiger partial charge in [-0.05, 0) is 42.7 Å². The number of carbonyl (C=O) groups is 1. The molecule has 2 aromatic heterocycles. The molecule has 146 valence electrons. The second-order valence-corrected chi connectivity index (χ2v) is 7.22. The maximum atomic E-state index is 14.6. The molecular formula is C21H21F2N3O2. The van der Waals surface area contributed by atoms with Crippen LogP contribution < -0.4 is 5.32 Å². The van der Waals surface area contributed by atoms with E-state index < -0.39 is 23.8 Å². The number of aliphatic hydroxyl groups is 1. The van der Waals surface area contributed by atoms with Crippen LogP contribution in [0, 0.1) is 11.8 Å². The fourth-order valence-corrected chi connectivity index (χ4v) is 3.88. The van der Waals surface area contributed by atoms with Crippen molar-refractivity contribution in [3.63, 3.8) is 0 Å². The number of halogens is 2. The summed E-state index contributed by atoms with van der Waals surface area (Å²) in [6.07, 6.45) is 5.58. The molecule has 3 aromatic rings. The van der Waals surface area contributed by atoms with E-state index in [-0.39, 0.29) is 23.5 Å². The third-order valence-corrected chi connectivity index (χ3v) is 5.29. The van der Waals surface area contributed by atoms with Crippen molar-refractivity contribution in [2.24, 2.45) is 0 Å². The molecule has 0 saturated heterocycles. The van der Waals surface area contributed by atoms with Gasteiger partial charge < -0.3 is 15.0 Å². The average molecular weight is 385 g/mol. The first kappa shape index (κ1) is 18.6. The average Bonchev–Trinajstić information content (AvgIpc) is 3.04. The van der Waals surface area contributed by atoms with Crippen LogP contribution in [0.1, 0.15) is 41.6 Å². The topological polar surface area (TPSA) is 67.2 Å². The molecule has 28 heavy (non-hydrogen) atoms. The van der Waals surface area contributed by atoms with E-state index in [1.54, 1.807) is 29.0 Å². The number of carbonyl (C=O) groups excluding carboxylic acids is 1. The summed E-state index contributed by atoms with van der Waals surface area (Å²) < 4.78 is 29.7. The molecule has 0 unspecified atom stereocenters. The van der Waals surface area contributed by atoms with Gasteiger partial charge in [0.2, 0.25) is 5.95 Å². The van der Waals surface area contributed by atoms with Crippen LogP contribution in [-0.2, 0) is 6.54 Å². The van der Waals surface area contributed by atoms with Gasteiger partial charge in [-0.25, -0.2) is 9.37 Å². The standard InChI is InChI=1S/C21H21F2N3O2/c22-15-4-3-6-17-20(15)14(21(28)25-16-5-1-2-7-18(16)27)12-26(17)11-13-8-9-24-19(23)10-13/h3-4,6,8-10,12,16,18,27H,1-2,5,7,11H2,(H,25,28)/t16-,18-/m0/s1. The van der Waals surface area contributed by atoms with Gasteiger partial charge in [-0.1, -0.05) is 18.9 Å². The third kappa shape index (κ3) is 3.62. The molecule has 1 aromatic carbocycles. The normalized spacial score (nSPS) is 19.7.